The Morgan fingerprint density at radius 2 is 0.714 bits per heavy atom. The summed E-state index contributed by atoms with van der Waals surface area (Å²) in [5.41, 5.74) is 0. The van der Waals surface area contributed by atoms with E-state index >= 15 is 0 Å². The van der Waals surface area contributed by atoms with Gasteiger partial charge in [0.05, 0.1) is 25.4 Å². The van der Waals surface area contributed by atoms with Gasteiger partial charge < -0.3 is 40.3 Å². The molecule has 1 aliphatic heterocycles. The summed E-state index contributed by atoms with van der Waals surface area (Å²) in [6.45, 7) is 3.80. The molecule has 0 saturated carbocycles. The summed E-state index contributed by atoms with van der Waals surface area (Å²) in [5, 5.41) is 54.8. The maximum Gasteiger partial charge on any atom is 0.220 e. The van der Waals surface area contributed by atoms with Gasteiger partial charge in [-0.15, -0.1) is 0 Å². The van der Waals surface area contributed by atoms with Gasteiger partial charge in [-0.2, -0.15) is 0 Å². The first-order valence-electron chi connectivity index (χ1n) is 36.5. The van der Waals surface area contributed by atoms with Crippen LogP contribution in [-0.2, 0) is 14.3 Å². The van der Waals surface area contributed by atoms with Crippen LogP contribution >= 0.6 is 0 Å². The van der Waals surface area contributed by atoms with Crippen LogP contribution in [0.25, 0.3) is 0 Å². The van der Waals surface area contributed by atoms with Gasteiger partial charge in [-0.1, -0.05) is 338 Å². The SMILES string of the molecule is CCCCCCC/C=C\C/C=C\C/C=C\CCCCCCCCCCCCCCCCCCCCC(=O)NC(COC1OC(CO)C(O)C(O)C1O)C(O)/C=C/CC/C=C/CCCCCCCCCCCCCCCCCCCCCCCC. The first kappa shape index (κ1) is 79.9. The Balaban J connectivity index is 2.13. The molecule has 1 aliphatic rings. The van der Waals surface area contributed by atoms with E-state index in [2.05, 4.69) is 67.8 Å². The van der Waals surface area contributed by atoms with Crippen molar-refractivity contribution in [1.29, 1.82) is 0 Å². The normalized spacial score (nSPS) is 18.5. The first-order valence-corrected chi connectivity index (χ1v) is 36.5. The van der Waals surface area contributed by atoms with E-state index in [9.17, 15) is 30.3 Å². The number of ether oxygens (including phenoxy) is 2. The fraction of sp³-hybridized carbons (Fsp3) is 0.853. The lowest BCUT2D eigenvalue weighted by Crippen LogP contribution is -2.60. The number of aliphatic hydroxyl groups excluding tert-OH is 5. The number of unbranched alkanes of at least 4 members (excludes halogenated alkanes) is 46. The monoisotopic (exact) mass is 1180 g/mol. The smallest absolute Gasteiger partial charge is 0.220 e. The molecule has 0 radical (unpaired) electrons. The third-order valence-electron chi connectivity index (χ3n) is 17.3. The predicted octanol–water partition coefficient (Wildman–Crippen LogP) is 20.1. The van der Waals surface area contributed by atoms with Gasteiger partial charge in [0.2, 0.25) is 5.91 Å². The maximum absolute atomic E-state index is 13.1. The van der Waals surface area contributed by atoms with Gasteiger partial charge in [-0.05, 0) is 70.6 Å². The molecule has 0 bridgehead atoms. The minimum atomic E-state index is -1.57. The molecule has 1 amide bonds. The Bertz CT molecular complexity index is 1510. The van der Waals surface area contributed by atoms with Crippen LogP contribution in [0.3, 0.4) is 0 Å². The Kier molecular flexibility index (Phi) is 60.8. The van der Waals surface area contributed by atoms with Crippen molar-refractivity contribution in [2.45, 2.75) is 397 Å². The molecule has 0 aromatic heterocycles. The molecule has 1 saturated heterocycles. The Morgan fingerprint density at radius 1 is 0.405 bits per heavy atom. The summed E-state index contributed by atoms with van der Waals surface area (Å²) < 4.78 is 11.3. The van der Waals surface area contributed by atoms with Crippen molar-refractivity contribution in [3.8, 4) is 0 Å². The molecule has 9 heteroatoms. The highest BCUT2D eigenvalue weighted by atomic mass is 16.7. The second-order valence-electron chi connectivity index (χ2n) is 25.4. The summed E-state index contributed by atoms with van der Waals surface area (Å²) in [4.78, 5) is 13.1. The van der Waals surface area contributed by atoms with Crippen molar-refractivity contribution >= 4 is 5.91 Å². The van der Waals surface area contributed by atoms with Crippen molar-refractivity contribution in [2.75, 3.05) is 13.2 Å². The largest absolute Gasteiger partial charge is 0.394 e. The van der Waals surface area contributed by atoms with E-state index < -0.39 is 49.5 Å². The van der Waals surface area contributed by atoms with Crippen LogP contribution in [-0.4, -0.2) is 87.5 Å². The van der Waals surface area contributed by atoms with Crippen LogP contribution < -0.4 is 5.32 Å². The molecular formula is C75H139NO8. The van der Waals surface area contributed by atoms with Gasteiger partial charge in [0, 0.05) is 6.42 Å². The van der Waals surface area contributed by atoms with Crippen LogP contribution in [0.1, 0.15) is 354 Å². The molecule has 0 aliphatic carbocycles. The van der Waals surface area contributed by atoms with E-state index in [-0.39, 0.29) is 12.5 Å². The summed E-state index contributed by atoms with van der Waals surface area (Å²) in [6, 6.07) is -0.825. The molecule has 1 rings (SSSR count). The molecule has 9 nitrogen and oxygen atoms in total. The Labute approximate surface area is 519 Å². The summed E-state index contributed by atoms with van der Waals surface area (Å²) in [6.07, 6.45) is 82.0. The maximum atomic E-state index is 13.1. The van der Waals surface area contributed by atoms with Crippen molar-refractivity contribution in [2.24, 2.45) is 0 Å². The zero-order chi connectivity index (χ0) is 60.7. The predicted molar refractivity (Wildman–Crippen MR) is 359 cm³/mol. The zero-order valence-corrected chi connectivity index (χ0v) is 55.2. The number of hydrogen-bond donors (Lipinski definition) is 6. The third kappa shape index (κ3) is 51.9. The van der Waals surface area contributed by atoms with E-state index in [1.165, 1.54) is 283 Å². The zero-order valence-electron chi connectivity index (χ0n) is 55.2. The number of carbonyl (C=O) groups is 1. The number of aliphatic hydroxyl groups is 5. The van der Waals surface area contributed by atoms with Crippen LogP contribution in [0.2, 0.25) is 0 Å². The van der Waals surface area contributed by atoms with Crippen molar-refractivity contribution < 1.29 is 39.8 Å². The summed E-state index contributed by atoms with van der Waals surface area (Å²) >= 11 is 0. The van der Waals surface area contributed by atoms with Gasteiger partial charge in [0.15, 0.2) is 6.29 Å². The molecule has 6 N–H and O–H groups in total. The van der Waals surface area contributed by atoms with Crippen molar-refractivity contribution in [3.05, 3.63) is 60.8 Å². The van der Waals surface area contributed by atoms with Gasteiger partial charge in [0.1, 0.15) is 24.4 Å². The number of carbonyl (C=O) groups excluding carboxylic acids is 1. The lowest BCUT2D eigenvalue weighted by Gasteiger charge is -2.40. The second-order valence-corrected chi connectivity index (χ2v) is 25.4. The van der Waals surface area contributed by atoms with Gasteiger partial charge in [0.25, 0.3) is 0 Å². The molecule has 84 heavy (non-hydrogen) atoms. The minimum Gasteiger partial charge on any atom is -0.394 e. The van der Waals surface area contributed by atoms with E-state index in [1.54, 1.807) is 6.08 Å². The molecule has 7 unspecified atom stereocenters. The summed E-state index contributed by atoms with van der Waals surface area (Å²) in [7, 11) is 0. The van der Waals surface area contributed by atoms with Crippen LogP contribution in [0.15, 0.2) is 60.8 Å². The van der Waals surface area contributed by atoms with Crippen molar-refractivity contribution in [1.82, 2.24) is 5.32 Å². The first-order chi connectivity index (χ1) is 41.3. The highest BCUT2D eigenvalue weighted by molar-refractivity contribution is 5.76. The van der Waals surface area contributed by atoms with E-state index in [0.29, 0.717) is 6.42 Å². The third-order valence-corrected chi connectivity index (χ3v) is 17.3. The summed E-state index contributed by atoms with van der Waals surface area (Å²) in [5.74, 6) is -0.182. The Morgan fingerprint density at radius 3 is 1.08 bits per heavy atom. The molecular weight excluding hydrogens is 1040 g/mol. The average molecular weight is 1180 g/mol. The molecule has 0 aromatic carbocycles. The molecule has 492 valence electrons. The molecule has 0 spiro atoms. The molecule has 1 heterocycles. The molecule has 0 aromatic rings. The topological polar surface area (TPSA) is 149 Å². The van der Waals surface area contributed by atoms with E-state index in [4.69, 9.17) is 9.47 Å². The highest BCUT2D eigenvalue weighted by Gasteiger charge is 2.44. The van der Waals surface area contributed by atoms with Crippen LogP contribution in [0.4, 0.5) is 0 Å². The van der Waals surface area contributed by atoms with Gasteiger partial charge >= 0.3 is 0 Å². The lowest BCUT2D eigenvalue weighted by molar-refractivity contribution is -0.302. The van der Waals surface area contributed by atoms with E-state index in [0.717, 1.165) is 51.4 Å². The van der Waals surface area contributed by atoms with Gasteiger partial charge in [-0.25, -0.2) is 0 Å². The number of hydrogen-bond acceptors (Lipinski definition) is 8. The van der Waals surface area contributed by atoms with Crippen LogP contribution in [0, 0.1) is 0 Å². The van der Waals surface area contributed by atoms with Gasteiger partial charge in [-0.3, -0.25) is 4.79 Å². The fourth-order valence-electron chi connectivity index (χ4n) is 11.6. The van der Waals surface area contributed by atoms with Crippen LogP contribution in [0.5, 0.6) is 0 Å². The molecule has 7 atom stereocenters. The standard InChI is InChI=1S/C75H139NO8/c1-3-5-7-9-11-13-15-17-19-21-23-25-27-29-31-33-34-35-36-37-39-41-43-45-47-49-51-53-55-57-59-61-63-65-71(79)76-68(67-83-75-74(82)73(81)72(80)70(66-77)84-75)69(78)64-62-60-58-56-54-52-50-48-46-44-42-40-38-32-30-28-26-24-22-20-18-16-14-12-10-8-6-4-2/h15,17,21,23,27,29,54,56,62,64,68-70,72-75,77-78,80-82H,3-14,16,18-20,22,24-26,28,30-53,55,57-61,63,65-67H2,1-2H3,(H,76,79)/b17-15-,23-21-,29-27-,56-54+,64-62+. The lowest BCUT2D eigenvalue weighted by atomic mass is 9.99. The average Bonchev–Trinajstić information content (AvgIpc) is 3.70. The fourth-order valence-corrected chi connectivity index (χ4v) is 11.6. The minimum absolute atomic E-state index is 0.182. The molecule has 1 fully saturated rings. The quantitative estimate of drug-likeness (QED) is 0.0261. The Hall–Kier alpha value is -2.11. The highest BCUT2D eigenvalue weighted by Crippen LogP contribution is 2.23. The number of amides is 1. The number of rotatable bonds is 64. The van der Waals surface area contributed by atoms with Crippen molar-refractivity contribution in [3.63, 3.8) is 0 Å². The second kappa shape index (κ2) is 63.9. The number of nitrogens with one attached hydrogen (secondary N) is 1. The number of allylic oxidation sites excluding steroid dienone is 9. The van der Waals surface area contributed by atoms with E-state index in [1.807, 2.05) is 6.08 Å².